The molecule has 3 nitrogen and oxygen atoms in total. The van der Waals surface area contributed by atoms with Gasteiger partial charge in [0.25, 0.3) is 0 Å². The Kier molecular flexibility index (Phi) is 3.70. The van der Waals surface area contributed by atoms with E-state index < -0.39 is 17.5 Å². The fourth-order valence-electron chi connectivity index (χ4n) is 1.54. The minimum atomic E-state index is -0.940. The summed E-state index contributed by atoms with van der Waals surface area (Å²) in [6, 6.07) is 7.47. The number of aliphatic hydroxyl groups is 1. The lowest BCUT2D eigenvalue weighted by Gasteiger charge is -2.27. The summed E-state index contributed by atoms with van der Waals surface area (Å²) in [6.45, 7) is 5.31. The van der Waals surface area contributed by atoms with Crippen molar-refractivity contribution in [3.63, 3.8) is 0 Å². The van der Waals surface area contributed by atoms with Crippen molar-refractivity contribution in [3.8, 4) is 0 Å². The smallest absolute Gasteiger partial charge is 0.314 e. The summed E-state index contributed by atoms with van der Waals surface area (Å²) >= 11 is 0. The summed E-state index contributed by atoms with van der Waals surface area (Å²) in [6.07, 6.45) is -0.861. The lowest BCUT2D eigenvalue weighted by atomic mass is 9.82. The number of methoxy groups -OCH3 is 1. The quantitative estimate of drug-likeness (QED) is 0.798. The van der Waals surface area contributed by atoms with E-state index in [2.05, 4.69) is 4.74 Å². The summed E-state index contributed by atoms with van der Waals surface area (Å²) in [5.41, 5.74) is 0.900. The number of hydrogen-bond acceptors (Lipinski definition) is 3. The molecule has 1 rings (SSSR count). The van der Waals surface area contributed by atoms with E-state index in [4.69, 9.17) is 0 Å². The molecule has 0 spiro atoms. The SMILES string of the molecule is COC(=O)C(C)(C)C(O)c1ccc(C)cc1. The van der Waals surface area contributed by atoms with Crippen LogP contribution in [-0.2, 0) is 9.53 Å². The first kappa shape index (κ1) is 12.7. The number of esters is 1. The van der Waals surface area contributed by atoms with Crippen molar-refractivity contribution < 1.29 is 14.6 Å². The normalized spacial score (nSPS) is 13.3. The molecule has 0 heterocycles. The van der Waals surface area contributed by atoms with E-state index in [1.807, 2.05) is 31.2 Å². The third kappa shape index (κ3) is 2.42. The Hall–Kier alpha value is -1.35. The maximum Gasteiger partial charge on any atom is 0.314 e. The summed E-state index contributed by atoms with van der Waals surface area (Å²) < 4.78 is 4.68. The average molecular weight is 222 g/mol. The van der Waals surface area contributed by atoms with E-state index in [9.17, 15) is 9.90 Å². The highest BCUT2D eigenvalue weighted by molar-refractivity contribution is 5.76. The fourth-order valence-corrected chi connectivity index (χ4v) is 1.54. The largest absolute Gasteiger partial charge is 0.469 e. The molecule has 0 aliphatic heterocycles. The van der Waals surface area contributed by atoms with Crippen molar-refractivity contribution in [1.82, 2.24) is 0 Å². The first-order valence-electron chi connectivity index (χ1n) is 5.22. The molecule has 0 aliphatic rings. The zero-order valence-corrected chi connectivity index (χ0v) is 10.2. The Morgan fingerprint density at radius 3 is 2.25 bits per heavy atom. The fraction of sp³-hybridized carbons (Fsp3) is 0.462. The molecule has 1 aromatic carbocycles. The van der Waals surface area contributed by atoms with Gasteiger partial charge in [-0.2, -0.15) is 0 Å². The number of rotatable bonds is 3. The van der Waals surface area contributed by atoms with Crippen LogP contribution < -0.4 is 0 Å². The van der Waals surface area contributed by atoms with E-state index in [-0.39, 0.29) is 0 Å². The average Bonchev–Trinajstić information content (AvgIpc) is 2.28. The third-order valence-electron chi connectivity index (χ3n) is 2.79. The number of aryl methyl sites for hydroxylation is 1. The van der Waals surface area contributed by atoms with Crippen molar-refractivity contribution in [1.29, 1.82) is 0 Å². The van der Waals surface area contributed by atoms with Gasteiger partial charge in [-0.3, -0.25) is 4.79 Å². The summed E-state index contributed by atoms with van der Waals surface area (Å²) in [5.74, 6) is -0.416. The van der Waals surface area contributed by atoms with Gasteiger partial charge in [0.2, 0.25) is 0 Å². The summed E-state index contributed by atoms with van der Waals surface area (Å²) in [7, 11) is 1.33. The second-order valence-corrected chi connectivity index (χ2v) is 4.53. The van der Waals surface area contributed by atoms with Crippen LogP contribution in [0.25, 0.3) is 0 Å². The van der Waals surface area contributed by atoms with Gasteiger partial charge in [-0.15, -0.1) is 0 Å². The van der Waals surface area contributed by atoms with Crippen LogP contribution in [0.5, 0.6) is 0 Å². The van der Waals surface area contributed by atoms with Crippen LogP contribution in [0.3, 0.4) is 0 Å². The molecule has 0 aromatic heterocycles. The first-order valence-corrected chi connectivity index (χ1v) is 5.22. The predicted octanol–water partition coefficient (Wildman–Crippen LogP) is 2.23. The Morgan fingerprint density at radius 2 is 1.81 bits per heavy atom. The van der Waals surface area contributed by atoms with E-state index >= 15 is 0 Å². The van der Waals surface area contributed by atoms with Gasteiger partial charge in [-0.1, -0.05) is 29.8 Å². The van der Waals surface area contributed by atoms with Gasteiger partial charge in [0.15, 0.2) is 0 Å². The highest BCUT2D eigenvalue weighted by atomic mass is 16.5. The number of carbonyl (C=O) groups excluding carboxylic acids is 1. The Labute approximate surface area is 96.1 Å². The molecule has 1 aromatic rings. The number of carbonyl (C=O) groups is 1. The van der Waals surface area contributed by atoms with Gasteiger partial charge in [0.1, 0.15) is 0 Å². The lowest BCUT2D eigenvalue weighted by molar-refractivity contribution is -0.157. The number of benzene rings is 1. The Morgan fingerprint density at radius 1 is 1.31 bits per heavy atom. The molecule has 0 saturated heterocycles. The highest BCUT2D eigenvalue weighted by Crippen LogP contribution is 2.34. The maximum atomic E-state index is 11.5. The number of aliphatic hydroxyl groups excluding tert-OH is 1. The van der Waals surface area contributed by atoms with Crippen LogP contribution in [-0.4, -0.2) is 18.2 Å². The molecule has 0 radical (unpaired) electrons. The Bertz CT molecular complexity index is 365. The van der Waals surface area contributed by atoms with Crippen LogP contribution in [0.15, 0.2) is 24.3 Å². The molecule has 0 saturated carbocycles. The molecule has 1 N–H and O–H groups in total. The van der Waals surface area contributed by atoms with E-state index in [0.717, 1.165) is 11.1 Å². The van der Waals surface area contributed by atoms with Crippen molar-refractivity contribution in [2.75, 3.05) is 7.11 Å². The topological polar surface area (TPSA) is 46.5 Å². The second-order valence-electron chi connectivity index (χ2n) is 4.53. The van der Waals surface area contributed by atoms with E-state index in [1.54, 1.807) is 13.8 Å². The molecule has 1 atom stereocenters. The lowest BCUT2D eigenvalue weighted by Crippen LogP contribution is -2.32. The standard InChI is InChI=1S/C13H18O3/c1-9-5-7-10(8-6-9)11(14)13(2,3)12(15)16-4/h5-8,11,14H,1-4H3. The molecular formula is C13H18O3. The van der Waals surface area contributed by atoms with Gasteiger partial charge >= 0.3 is 5.97 Å². The van der Waals surface area contributed by atoms with Gasteiger partial charge < -0.3 is 9.84 Å². The van der Waals surface area contributed by atoms with Crippen LogP contribution in [0.4, 0.5) is 0 Å². The predicted molar refractivity (Wildman–Crippen MR) is 61.9 cm³/mol. The van der Waals surface area contributed by atoms with Gasteiger partial charge in [-0.25, -0.2) is 0 Å². The van der Waals surface area contributed by atoms with Crippen molar-refractivity contribution in [3.05, 3.63) is 35.4 Å². The maximum absolute atomic E-state index is 11.5. The third-order valence-corrected chi connectivity index (χ3v) is 2.79. The molecule has 88 valence electrons. The molecule has 0 aliphatic carbocycles. The van der Waals surface area contributed by atoms with Gasteiger partial charge in [0.05, 0.1) is 18.6 Å². The van der Waals surface area contributed by atoms with Crippen LogP contribution in [0.2, 0.25) is 0 Å². The zero-order chi connectivity index (χ0) is 12.3. The molecule has 0 fully saturated rings. The van der Waals surface area contributed by atoms with Gasteiger partial charge in [-0.05, 0) is 26.3 Å². The highest BCUT2D eigenvalue weighted by Gasteiger charge is 2.37. The van der Waals surface area contributed by atoms with Crippen molar-refractivity contribution in [2.45, 2.75) is 26.9 Å². The van der Waals surface area contributed by atoms with E-state index in [1.165, 1.54) is 7.11 Å². The summed E-state index contributed by atoms with van der Waals surface area (Å²) in [5, 5.41) is 10.1. The minimum absolute atomic E-state index is 0.416. The Balaban J connectivity index is 2.97. The van der Waals surface area contributed by atoms with E-state index in [0.29, 0.717) is 0 Å². The molecular weight excluding hydrogens is 204 g/mol. The molecule has 0 bridgehead atoms. The van der Waals surface area contributed by atoms with Crippen LogP contribution in [0, 0.1) is 12.3 Å². The molecule has 0 amide bonds. The number of ether oxygens (including phenoxy) is 1. The van der Waals surface area contributed by atoms with Crippen molar-refractivity contribution in [2.24, 2.45) is 5.41 Å². The second kappa shape index (κ2) is 4.66. The molecule has 1 unspecified atom stereocenters. The monoisotopic (exact) mass is 222 g/mol. The minimum Gasteiger partial charge on any atom is -0.469 e. The van der Waals surface area contributed by atoms with Crippen LogP contribution in [0.1, 0.15) is 31.1 Å². The number of hydrogen-bond donors (Lipinski definition) is 1. The van der Waals surface area contributed by atoms with Crippen LogP contribution >= 0.6 is 0 Å². The van der Waals surface area contributed by atoms with Crippen molar-refractivity contribution >= 4 is 5.97 Å². The molecule has 3 heteroatoms. The summed E-state index contributed by atoms with van der Waals surface area (Å²) in [4.78, 5) is 11.5. The van der Waals surface area contributed by atoms with Gasteiger partial charge in [0, 0.05) is 0 Å². The zero-order valence-electron chi connectivity index (χ0n) is 10.2. The molecule has 16 heavy (non-hydrogen) atoms. The first-order chi connectivity index (χ1) is 7.39.